The van der Waals surface area contributed by atoms with Crippen LogP contribution in [0.4, 0.5) is 0 Å². The van der Waals surface area contributed by atoms with E-state index in [1.54, 1.807) is 34.6 Å². The van der Waals surface area contributed by atoms with Crippen LogP contribution in [0.5, 0.6) is 0 Å². The van der Waals surface area contributed by atoms with Crippen molar-refractivity contribution in [3.05, 3.63) is 0 Å². The molecular weight excluding hydrogens is 704 g/mol. The molecule has 0 aliphatic heterocycles. The third kappa shape index (κ3) is 10.3. The first kappa shape index (κ1) is 27.6. The van der Waals surface area contributed by atoms with Crippen molar-refractivity contribution in [3.8, 4) is 0 Å². The molecule has 0 aromatic rings. The van der Waals surface area contributed by atoms with Gasteiger partial charge >= 0.3 is 5.97 Å². The summed E-state index contributed by atoms with van der Waals surface area (Å²) < 4.78 is 4.99. The average molecular weight is 729 g/mol. The Morgan fingerprint density at radius 3 is 1.90 bits per heavy atom. The molecular formula is C13H25Ac2NO5. The molecule has 0 spiro atoms. The van der Waals surface area contributed by atoms with Gasteiger partial charge in [0.25, 0.3) is 0 Å². The van der Waals surface area contributed by atoms with Gasteiger partial charge in [-0.15, -0.1) is 0 Å². The summed E-state index contributed by atoms with van der Waals surface area (Å²) in [6.45, 7) is 10.1. The van der Waals surface area contributed by atoms with Gasteiger partial charge in [-0.05, 0) is 34.6 Å². The fourth-order valence-electron chi connectivity index (χ4n) is 1.75. The van der Waals surface area contributed by atoms with Gasteiger partial charge in [0, 0.05) is 102 Å². The summed E-state index contributed by atoms with van der Waals surface area (Å²) in [5, 5.41) is 19.7. The van der Waals surface area contributed by atoms with Crippen LogP contribution in [0.2, 0.25) is 0 Å². The first-order chi connectivity index (χ1) is 8.51. The number of hydrogen-bond donors (Lipinski definition) is 2. The molecule has 0 bridgehead atoms. The van der Waals surface area contributed by atoms with Gasteiger partial charge in [-0.25, -0.2) is 4.79 Å². The van der Waals surface area contributed by atoms with Gasteiger partial charge in [0.15, 0.2) is 6.10 Å². The molecule has 0 saturated heterocycles. The maximum absolute atomic E-state index is 11.6. The summed E-state index contributed by atoms with van der Waals surface area (Å²) in [4.78, 5) is 24.4. The van der Waals surface area contributed by atoms with Crippen LogP contribution in [-0.4, -0.2) is 57.4 Å². The number of ether oxygens (including phenoxy) is 1. The van der Waals surface area contributed by atoms with E-state index in [4.69, 9.17) is 4.74 Å². The number of aliphatic hydroxyl groups excluding tert-OH is 2. The normalized spacial score (nSPS) is 14.9. The molecule has 3 atom stereocenters. The van der Waals surface area contributed by atoms with Gasteiger partial charge in [-0.1, -0.05) is 0 Å². The monoisotopic (exact) mass is 729 g/mol. The van der Waals surface area contributed by atoms with Crippen LogP contribution >= 0.6 is 0 Å². The number of nitrogens with zero attached hydrogens (tertiary/aromatic N) is 1. The van der Waals surface area contributed by atoms with Crippen LogP contribution in [0.25, 0.3) is 0 Å². The van der Waals surface area contributed by atoms with E-state index in [1.165, 1.54) is 11.8 Å². The minimum absolute atomic E-state index is 0. The smallest absolute Gasteiger partial charge is 0.338 e. The first-order valence-corrected chi connectivity index (χ1v) is 6.37. The van der Waals surface area contributed by atoms with Crippen molar-refractivity contribution in [2.75, 3.05) is 6.54 Å². The molecule has 2 unspecified atom stereocenters. The maximum Gasteiger partial charge on any atom is 0.338 e. The van der Waals surface area contributed by atoms with E-state index in [9.17, 15) is 19.8 Å². The molecule has 0 rings (SSSR count). The summed E-state index contributed by atoms with van der Waals surface area (Å²) in [7, 11) is 0. The molecule has 0 heterocycles. The number of carbonyl (C=O) groups excluding carboxylic acids is 2. The Morgan fingerprint density at radius 2 is 1.62 bits per heavy atom. The number of aliphatic hydroxyl groups is 2. The molecule has 8 heteroatoms. The molecule has 0 aliphatic carbocycles. The predicted molar refractivity (Wildman–Crippen MR) is 70.4 cm³/mol. The number of esters is 1. The summed E-state index contributed by atoms with van der Waals surface area (Å²) in [6, 6.07) is -0.676. The van der Waals surface area contributed by atoms with Crippen LogP contribution in [0, 0.1) is 88.1 Å². The number of carbonyl (C=O) groups is 2. The number of amides is 1. The fraction of sp³-hybridized carbons (Fsp3) is 0.846. The molecule has 6 nitrogen and oxygen atoms in total. The largest absolute Gasteiger partial charge is 0.458 e. The van der Waals surface area contributed by atoms with Gasteiger partial charge in [0.05, 0.1) is 6.04 Å². The second-order valence-electron chi connectivity index (χ2n) is 5.51. The zero-order valence-electron chi connectivity index (χ0n) is 13.7. The first-order valence-electron chi connectivity index (χ1n) is 6.37. The standard InChI is InChI=1S/C13H25NO5.2Ac/c1-7-14(9(3)15)8(2)10(16)11(17)12(18)19-13(4,5)6;;/h8,10-11,16-17H,7H2,1-6H3;;/t8-,10?,11?;;/m0../s1. The van der Waals surface area contributed by atoms with Crippen molar-refractivity contribution in [1.29, 1.82) is 0 Å². The van der Waals surface area contributed by atoms with E-state index in [2.05, 4.69) is 0 Å². The Labute approximate surface area is 198 Å². The van der Waals surface area contributed by atoms with E-state index in [1.807, 2.05) is 0 Å². The van der Waals surface area contributed by atoms with Gasteiger partial charge in [0.1, 0.15) is 11.7 Å². The van der Waals surface area contributed by atoms with Crippen molar-refractivity contribution >= 4 is 11.9 Å². The van der Waals surface area contributed by atoms with Crippen LogP contribution in [0.3, 0.4) is 0 Å². The van der Waals surface area contributed by atoms with E-state index in [-0.39, 0.29) is 94.0 Å². The number of likely N-dealkylation sites (N-methyl/N-ethyl adjacent to an activating group) is 1. The van der Waals surface area contributed by atoms with Crippen molar-refractivity contribution in [2.24, 2.45) is 0 Å². The summed E-state index contributed by atoms with van der Waals surface area (Å²) in [5.41, 5.74) is -0.744. The second kappa shape index (κ2) is 12.2. The third-order valence-electron chi connectivity index (χ3n) is 2.70. The molecule has 2 N–H and O–H groups in total. The minimum Gasteiger partial charge on any atom is -0.458 e. The second-order valence-corrected chi connectivity index (χ2v) is 5.51. The van der Waals surface area contributed by atoms with E-state index >= 15 is 0 Å². The topological polar surface area (TPSA) is 87.1 Å². The van der Waals surface area contributed by atoms with Crippen LogP contribution in [-0.2, 0) is 14.3 Å². The number of hydrogen-bond acceptors (Lipinski definition) is 5. The van der Waals surface area contributed by atoms with Gasteiger partial charge in [-0.3, -0.25) is 4.79 Å². The van der Waals surface area contributed by atoms with E-state index in [0.717, 1.165) is 0 Å². The molecule has 2 radical (unpaired) electrons. The van der Waals surface area contributed by atoms with Crippen LogP contribution in [0.15, 0.2) is 0 Å². The van der Waals surface area contributed by atoms with Crippen molar-refractivity contribution in [2.45, 2.75) is 65.4 Å². The molecule has 0 aromatic carbocycles. The molecule has 0 aromatic heterocycles. The maximum atomic E-state index is 11.6. The Morgan fingerprint density at radius 1 is 1.19 bits per heavy atom. The fourth-order valence-corrected chi connectivity index (χ4v) is 1.75. The quantitative estimate of drug-likeness (QED) is 0.399. The summed E-state index contributed by atoms with van der Waals surface area (Å²) >= 11 is 0. The molecule has 21 heavy (non-hydrogen) atoms. The van der Waals surface area contributed by atoms with Crippen molar-refractivity contribution in [3.63, 3.8) is 0 Å². The van der Waals surface area contributed by atoms with Gasteiger partial charge < -0.3 is 19.8 Å². The summed E-state index contributed by atoms with van der Waals surface area (Å²) in [5.74, 6) is -1.13. The Balaban J connectivity index is -0.00000162. The Hall–Kier alpha value is 1.74. The van der Waals surface area contributed by atoms with Crippen molar-refractivity contribution < 1.29 is 113 Å². The molecule has 0 saturated carbocycles. The molecule has 1 amide bonds. The Kier molecular flexibility index (Phi) is 16.0. The van der Waals surface area contributed by atoms with Gasteiger partial charge in [0.2, 0.25) is 5.91 Å². The third-order valence-corrected chi connectivity index (χ3v) is 2.70. The van der Waals surface area contributed by atoms with Crippen LogP contribution < -0.4 is 0 Å². The Bertz CT molecular complexity index is 333. The van der Waals surface area contributed by atoms with Crippen molar-refractivity contribution in [1.82, 2.24) is 4.90 Å². The van der Waals surface area contributed by atoms with Gasteiger partial charge in [-0.2, -0.15) is 0 Å². The van der Waals surface area contributed by atoms with E-state index < -0.39 is 29.8 Å². The summed E-state index contributed by atoms with van der Waals surface area (Å²) in [6.07, 6.45) is -3.07. The SMILES string of the molecule is CCN(C(C)=O)[C@@H](C)C(O)C(O)C(=O)OC(C)(C)C.[Ac].[Ac]. The zero-order chi connectivity index (χ0) is 15.4. The molecule has 118 valence electrons. The molecule has 0 fully saturated rings. The van der Waals surface area contributed by atoms with Crippen LogP contribution in [0.1, 0.15) is 41.5 Å². The average Bonchev–Trinajstić information content (AvgIpc) is 2.24. The predicted octanol–water partition coefficient (Wildman–Crippen LogP) is 0.307. The molecule has 0 aliphatic rings. The minimum atomic E-state index is -1.68. The van der Waals surface area contributed by atoms with E-state index in [0.29, 0.717) is 6.54 Å². The number of rotatable bonds is 5. The zero-order valence-corrected chi connectivity index (χ0v) is 23.2.